The van der Waals surface area contributed by atoms with Crippen molar-refractivity contribution < 1.29 is 4.79 Å². The smallest absolute Gasteiger partial charge is 0.220 e. The number of amides is 1. The number of carbonyl (C=O) groups excluding carboxylic acids is 1. The van der Waals surface area contributed by atoms with Gasteiger partial charge in [0.1, 0.15) is 5.82 Å². The second-order valence-electron chi connectivity index (χ2n) is 4.54. The molecule has 2 aromatic heterocycles. The molecule has 0 fully saturated rings. The number of imidazole rings is 1. The minimum Gasteiger partial charge on any atom is -0.354 e. The molecule has 1 N–H and O–H groups in total. The summed E-state index contributed by atoms with van der Waals surface area (Å²) in [7, 11) is 0. The lowest BCUT2D eigenvalue weighted by Gasteiger charge is -2.07. The summed E-state index contributed by atoms with van der Waals surface area (Å²) < 4.78 is 4.11. The summed E-state index contributed by atoms with van der Waals surface area (Å²) in [6.45, 7) is 4.27. The van der Waals surface area contributed by atoms with Gasteiger partial charge in [-0.05, 0) is 25.5 Å². The maximum atomic E-state index is 11.6. The first kappa shape index (κ1) is 13.4. The Morgan fingerprint density at radius 3 is 2.74 bits per heavy atom. The van der Waals surface area contributed by atoms with Crippen LogP contribution in [0.5, 0.6) is 0 Å². The Morgan fingerprint density at radius 2 is 2.05 bits per heavy atom. The van der Waals surface area contributed by atoms with Crippen LogP contribution in [-0.4, -0.2) is 26.6 Å². The minimum absolute atomic E-state index is 0.116. The molecule has 0 aliphatic rings. The van der Waals surface area contributed by atoms with E-state index in [0.717, 1.165) is 25.3 Å². The van der Waals surface area contributed by atoms with Gasteiger partial charge in [0.25, 0.3) is 0 Å². The third kappa shape index (κ3) is 4.28. The first-order valence-electron chi connectivity index (χ1n) is 6.61. The lowest BCUT2D eigenvalue weighted by Crippen LogP contribution is -2.27. The van der Waals surface area contributed by atoms with Gasteiger partial charge in [0.2, 0.25) is 5.91 Å². The molecule has 0 saturated carbocycles. The van der Waals surface area contributed by atoms with Crippen LogP contribution in [-0.2, 0) is 17.9 Å². The van der Waals surface area contributed by atoms with E-state index in [1.807, 2.05) is 42.2 Å². The zero-order valence-corrected chi connectivity index (χ0v) is 11.2. The normalized spacial score (nSPS) is 10.6. The number of aryl methyl sites for hydroxylation is 2. The van der Waals surface area contributed by atoms with Crippen molar-refractivity contribution in [3.8, 4) is 0 Å². The van der Waals surface area contributed by atoms with E-state index < -0.39 is 0 Å². The van der Waals surface area contributed by atoms with E-state index in [1.165, 1.54) is 0 Å². The third-order valence-electron chi connectivity index (χ3n) is 3.08. The van der Waals surface area contributed by atoms with E-state index in [4.69, 9.17) is 0 Å². The minimum atomic E-state index is 0.116. The average molecular weight is 260 g/mol. The molecule has 2 rings (SSSR count). The molecule has 0 spiro atoms. The second kappa shape index (κ2) is 6.78. The maximum absolute atomic E-state index is 11.6. The zero-order valence-electron chi connectivity index (χ0n) is 11.2. The van der Waals surface area contributed by atoms with Crippen LogP contribution in [0.1, 0.15) is 18.7 Å². The van der Waals surface area contributed by atoms with Gasteiger partial charge >= 0.3 is 0 Å². The SMILES string of the molecule is Cc1nccn1CCNC(=O)CCCn1cccc1. The van der Waals surface area contributed by atoms with Gasteiger partial charge in [-0.15, -0.1) is 0 Å². The van der Waals surface area contributed by atoms with Crippen molar-refractivity contribution in [1.29, 1.82) is 0 Å². The Morgan fingerprint density at radius 1 is 1.26 bits per heavy atom. The quantitative estimate of drug-likeness (QED) is 0.822. The van der Waals surface area contributed by atoms with E-state index in [1.54, 1.807) is 6.20 Å². The fourth-order valence-corrected chi connectivity index (χ4v) is 1.99. The number of nitrogens with one attached hydrogen (secondary N) is 1. The molecule has 0 saturated heterocycles. The molecule has 102 valence electrons. The predicted molar refractivity (Wildman–Crippen MR) is 73.6 cm³/mol. The Bertz CT molecular complexity index is 501. The molecule has 2 heterocycles. The fraction of sp³-hybridized carbons (Fsp3) is 0.429. The third-order valence-corrected chi connectivity index (χ3v) is 3.08. The topological polar surface area (TPSA) is 51.9 Å². The van der Waals surface area contributed by atoms with Crippen LogP contribution in [0.15, 0.2) is 36.9 Å². The molecule has 0 bridgehead atoms. The summed E-state index contributed by atoms with van der Waals surface area (Å²) in [4.78, 5) is 15.8. The maximum Gasteiger partial charge on any atom is 0.220 e. The first-order valence-corrected chi connectivity index (χ1v) is 6.61. The molecule has 5 nitrogen and oxygen atoms in total. The molecule has 0 aliphatic heterocycles. The highest BCUT2D eigenvalue weighted by Crippen LogP contribution is 1.97. The second-order valence-corrected chi connectivity index (χ2v) is 4.54. The summed E-state index contributed by atoms with van der Waals surface area (Å²) in [5.41, 5.74) is 0. The summed E-state index contributed by atoms with van der Waals surface area (Å²) in [6.07, 6.45) is 9.16. The van der Waals surface area contributed by atoms with Crippen molar-refractivity contribution in [2.45, 2.75) is 32.9 Å². The molecular weight excluding hydrogens is 240 g/mol. The van der Waals surface area contributed by atoms with Crippen molar-refractivity contribution in [2.24, 2.45) is 0 Å². The van der Waals surface area contributed by atoms with Crippen LogP contribution in [0.25, 0.3) is 0 Å². The van der Waals surface area contributed by atoms with Gasteiger partial charge < -0.3 is 14.5 Å². The van der Waals surface area contributed by atoms with Crippen molar-refractivity contribution in [1.82, 2.24) is 19.4 Å². The van der Waals surface area contributed by atoms with E-state index in [2.05, 4.69) is 14.9 Å². The highest BCUT2D eigenvalue weighted by molar-refractivity contribution is 5.75. The lowest BCUT2D eigenvalue weighted by molar-refractivity contribution is -0.121. The zero-order chi connectivity index (χ0) is 13.5. The van der Waals surface area contributed by atoms with Crippen LogP contribution in [0.4, 0.5) is 0 Å². The van der Waals surface area contributed by atoms with Gasteiger partial charge in [-0.3, -0.25) is 4.79 Å². The molecule has 0 atom stereocenters. The molecule has 5 heteroatoms. The monoisotopic (exact) mass is 260 g/mol. The van der Waals surface area contributed by atoms with Crippen LogP contribution >= 0.6 is 0 Å². The summed E-state index contributed by atoms with van der Waals surface area (Å²) in [6, 6.07) is 3.99. The van der Waals surface area contributed by atoms with Crippen LogP contribution in [0, 0.1) is 6.92 Å². The van der Waals surface area contributed by atoms with Crippen LogP contribution in [0.2, 0.25) is 0 Å². The fourth-order valence-electron chi connectivity index (χ4n) is 1.99. The van der Waals surface area contributed by atoms with Crippen molar-refractivity contribution in [3.63, 3.8) is 0 Å². The molecule has 0 unspecified atom stereocenters. The lowest BCUT2D eigenvalue weighted by atomic mass is 10.3. The van der Waals surface area contributed by atoms with E-state index in [9.17, 15) is 4.79 Å². The molecule has 0 radical (unpaired) electrons. The Kier molecular flexibility index (Phi) is 4.78. The van der Waals surface area contributed by atoms with Gasteiger partial charge in [-0.1, -0.05) is 0 Å². The summed E-state index contributed by atoms with van der Waals surface area (Å²) in [5.74, 6) is 1.09. The van der Waals surface area contributed by atoms with Crippen molar-refractivity contribution in [2.75, 3.05) is 6.54 Å². The molecule has 0 aliphatic carbocycles. The Hall–Kier alpha value is -2.04. The van der Waals surface area contributed by atoms with E-state index in [0.29, 0.717) is 13.0 Å². The summed E-state index contributed by atoms with van der Waals surface area (Å²) >= 11 is 0. The first-order chi connectivity index (χ1) is 9.25. The standard InChI is InChI=1S/C14H20N4O/c1-13-15-6-11-18(13)12-7-16-14(19)5-4-10-17-8-2-3-9-17/h2-3,6,8-9,11H,4-5,7,10,12H2,1H3,(H,16,19). The molecular formula is C14H20N4O. The predicted octanol–water partition coefficient (Wildman–Crippen LogP) is 1.59. The van der Waals surface area contributed by atoms with Gasteiger partial charge in [0.15, 0.2) is 0 Å². The number of hydrogen-bond acceptors (Lipinski definition) is 2. The largest absolute Gasteiger partial charge is 0.354 e. The highest BCUT2D eigenvalue weighted by Gasteiger charge is 2.01. The molecule has 19 heavy (non-hydrogen) atoms. The highest BCUT2D eigenvalue weighted by atomic mass is 16.1. The van der Waals surface area contributed by atoms with Gasteiger partial charge in [0, 0.05) is 50.8 Å². The molecule has 0 aromatic carbocycles. The van der Waals surface area contributed by atoms with E-state index >= 15 is 0 Å². The van der Waals surface area contributed by atoms with Gasteiger partial charge in [-0.2, -0.15) is 0 Å². The number of aromatic nitrogens is 3. The van der Waals surface area contributed by atoms with Crippen LogP contribution < -0.4 is 5.32 Å². The van der Waals surface area contributed by atoms with Gasteiger partial charge in [-0.25, -0.2) is 4.98 Å². The number of rotatable bonds is 7. The van der Waals surface area contributed by atoms with E-state index in [-0.39, 0.29) is 5.91 Å². The number of nitrogens with zero attached hydrogens (tertiary/aromatic N) is 3. The Labute approximate surface area is 113 Å². The number of hydrogen-bond donors (Lipinski definition) is 1. The Balaban J connectivity index is 1.58. The van der Waals surface area contributed by atoms with Crippen molar-refractivity contribution >= 4 is 5.91 Å². The molecule has 2 aromatic rings. The van der Waals surface area contributed by atoms with Gasteiger partial charge in [0.05, 0.1) is 0 Å². The average Bonchev–Trinajstić information content (AvgIpc) is 3.02. The molecule has 1 amide bonds. The van der Waals surface area contributed by atoms with Crippen molar-refractivity contribution in [3.05, 3.63) is 42.7 Å². The summed E-state index contributed by atoms with van der Waals surface area (Å²) in [5, 5.41) is 2.93. The van der Waals surface area contributed by atoms with Crippen LogP contribution in [0.3, 0.4) is 0 Å². The number of carbonyl (C=O) groups is 1.